The van der Waals surface area contributed by atoms with Crippen LogP contribution in [0.25, 0.3) is 0 Å². The highest BCUT2D eigenvalue weighted by atomic mass is 19.1. The first kappa shape index (κ1) is 15.2. The third-order valence-electron chi connectivity index (χ3n) is 3.37. The summed E-state index contributed by atoms with van der Waals surface area (Å²) < 4.78 is 23.2. The predicted molar refractivity (Wildman–Crippen MR) is 74.6 cm³/mol. The van der Waals surface area contributed by atoms with Crippen LogP contribution in [0.3, 0.4) is 0 Å². The van der Waals surface area contributed by atoms with Gasteiger partial charge in [0.05, 0.1) is 7.11 Å². The van der Waals surface area contributed by atoms with E-state index in [0.29, 0.717) is 24.2 Å². The minimum Gasteiger partial charge on any atom is -0.482 e. The summed E-state index contributed by atoms with van der Waals surface area (Å²) in [6.07, 6.45) is 4.44. The molecular formula is C16H17FO4. The smallest absolute Gasteiger partial charge is 0.343 e. The van der Waals surface area contributed by atoms with Gasteiger partial charge in [0, 0.05) is 12.0 Å². The summed E-state index contributed by atoms with van der Waals surface area (Å²) in [7, 11) is 1.27. The standard InChI is InChI=1S/C16H17FO4/c1-20-16(19)10-21-15-8-7-13(17)9-12(15)6-5-11-3-2-4-14(11)18/h5,7-9H,2-4,6,10H2,1H3/b11-5+. The second-order valence-electron chi connectivity index (χ2n) is 4.83. The molecule has 0 unspecified atom stereocenters. The normalized spacial score (nSPS) is 16.3. The summed E-state index contributed by atoms with van der Waals surface area (Å²) in [5.74, 6) is -0.311. The molecule has 0 heterocycles. The van der Waals surface area contributed by atoms with Crippen molar-refractivity contribution >= 4 is 11.8 Å². The van der Waals surface area contributed by atoms with E-state index in [1.165, 1.54) is 25.3 Å². The number of allylic oxidation sites excluding steroid dienone is 2. The summed E-state index contributed by atoms with van der Waals surface area (Å²) in [5, 5.41) is 0. The number of esters is 1. The lowest BCUT2D eigenvalue weighted by molar-refractivity contribution is -0.142. The molecular weight excluding hydrogens is 275 g/mol. The minimum atomic E-state index is -0.505. The van der Waals surface area contributed by atoms with Crippen molar-refractivity contribution in [3.8, 4) is 5.75 Å². The summed E-state index contributed by atoms with van der Waals surface area (Å²) in [6, 6.07) is 4.09. The number of hydrogen-bond donors (Lipinski definition) is 0. The SMILES string of the molecule is COC(=O)COc1ccc(F)cc1C/C=C1\CCCC1=O. The average Bonchev–Trinajstić information content (AvgIpc) is 2.89. The van der Waals surface area contributed by atoms with Gasteiger partial charge in [-0.25, -0.2) is 9.18 Å². The molecule has 1 aliphatic carbocycles. The van der Waals surface area contributed by atoms with Crippen molar-refractivity contribution in [1.29, 1.82) is 0 Å². The molecule has 112 valence electrons. The van der Waals surface area contributed by atoms with Crippen LogP contribution in [0.15, 0.2) is 29.8 Å². The van der Waals surface area contributed by atoms with Crippen LogP contribution in [0.2, 0.25) is 0 Å². The molecule has 21 heavy (non-hydrogen) atoms. The van der Waals surface area contributed by atoms with Crippen LogP contribution in [-0.2, 0) is 20.7 Å². The Morgan fingerprint density at radius 3 is 2.86 bits per heavy atom. The number of methoxy groups -OCH3 is 1. The fraction of sp³-hybridized carbons (Fsp3) is 0.375. The van der Waals surface area contributed by atoms with Crippen molar-refractivity contribution in [3.05, 3.63) is 41.2 Å². The lowest BCUT2D eigenvalue weighted by Crippen LogP contribution is -2.13. The maximum absolute atomic E-state index is 13.4. The van der Waals surface area contributed by atoms with Crippen LogP contribution < -0.4 is 4.74 Å². The number of ketones is 1. The molecule has 0 saturated heterocycles. The second kappa shape index (κ2) is 7.02. The predicted octanol–water partition coefficient (Wildman–Crippen LogP) is 2.60. The van der Waals surface area contributed by atoms with E-state index in [0.717, 1.165) is 18.4 Å². The molecule has 1 aromatic rings. The van der Waals surface area contributed by atoms with Crippen molar-refractivity contribution in [3.63, 3.8) is 0 Å². The third-order valence-corrected chi connectivity index (χ3v) is 3.37. The molecule has 5 heteroatoms. The zero-order valence-corrected chi connectivity index (χ0v) is 11.9. The van der Waals surface area contributed by atoms with Crippen LogP contribution >= 0.6 is 0 Å². The molecule has 1 aromatic carbocycles. The maximum Gasteiger partial charge on any atom is 0.343 e. The maximum atomic E-state index is 13.4. The molecule has 0 amide bonds. The summed E-state index contributed by atoms with van der Waals surface area (Å²) in [5.41, 5.74) is 1.39. The van der Waals surface area contributed by atoms with E-state index in [9.17, 15) is 14.0 Å². The van der Waals surface area contributed by atoms with E-state index in [4.69, 9.17) is 4.74 Å². The Morgan fingerprint density at radius 1 is 1.38 bits per heavy atom. The van der Waals surface area contributed by atoms with Gasteiger partial charge < -0.3 is 9.47 Å². The molecule has 2 rings (SSSR count). The zero-order valence-electron chi connectivity index (χ0n) is 11.9. The second-order valence-corrected chi connectivity index (χ2v) is 4.83. The quantitative estimate of drug-likeness (QED) is 0.618. The Balaban J connectivity index is 2.11. The summed E-state index contributed by atoms with van der Waals surface area (Å²) >= 11 is 0. The third kappa shape index (κ3) is 4.15. The minimum absolute atomic E-state index is 0.156. The summed E-state index contributed by atoms with van der Waals surface area (Å²) in [6.45, 7) is -0.232. The number of halogens is 1. The van der Waals surface area contributed by atoms with Crippen LogP contribution in [0.1, 0.15) is 24.8 Å². The van der Waals surface area contributed by atoms with E-state index < -0.39 is 5.97 Å². The topological polar surface area (TPSA) is 52.6 Å². The number of carbonyl (C=O) groups excluding carboxylic acids is 2. The lowest BCUT2D eigenvalue weighted by Gasteiger charge is -2.10. The van der Waals surface area contributed by atoms with Gasteiger partial charge in [0.15, 0.2) is 12.4 Å². The van der Waals surface area contributed by atoms with Gasteiger partial charge in [-0.15, -0.1) is 0 Å². The number of benzene rings is 1. The average molecular weight is 292 g/mol. The van der Waals surface area contributed by atoms with E-state index in [1.54, 1.807) is 0 Å². The van der Waals surface area contributed by atoms with Gasteiger partial charge in [-0.2, -0.15) is 0 Å². The Kier molecular flexibility index (Phi) is 5.09. The molecule has 0 bridgehead atoms. The highest BCUT2D eigenvalue weighted by Gasteiger charge is 2.16. The van der Waals surface area contributed by atoms with Gasteiger partial charge in [0.25, 0.3) is 0 Å². The van der Waals surface area contributed by atoms with E-state index >= 15 is 0 Å². The highest BCUT2D eigenvalue weighted by Crippen LogP contribution is 2.24. The number of Topliss-reactive ketones (excluding diaryl/α,β-unsaturated/α-hetero) is 1. The van der Waals surface area contributed by atoms with Gasteiger partial charge in [-0.3, -0.25) is 4.79 Å². The Hall–Kier alpha value is -2.17. The molecule has 1 fully saturated rings. The van der Waals surface area contributed by atoms with E-state index in [-0.39, 0.29) is 18.2 Å². The van der Waals surface area contributed by atoms with E-state index in [1.807, 2.05) is 6.08 Å². The first-order chi connectivity index (χ1) is 10.1. The van der Waals surface area contributed by atoms with Gasteiger partial charge in [-0.05, 0) is 43.0 Å². The van der Waals surface area contributed by atoms with Crippen molar-refractivity contribution < 1.29 is 23.5 Å². The molecule has 0 spiro atoms. The Morgan fingerprint density at radius 2 is 2.19 bits per heavy atom. The molecule has 0 N–H and O–H groups in total. The zero-order chi connectivity index (χ0) is 15.2. The van der Waals surface area contributed by atoms with Crippen LogP contribution in [-0.4, -0.2) is 25.5 Å². The Bertz CT molecular complexity index is 578. The molecule has 0 aliphatic heterocycles. The van der Waals surface area contributed by atoms with Crippen molar-refractivity contribution in [2.45, 2.75) is 25.7 Å². The monoisotopic (exact) mass is 292 g/mol. The molecule has 0 radical (unpaired) electrons. The van der Waals surface area contributed by atoms with Crippen LogP contribution in [0.4, 0.5) is 4.39 Å². The number of carbonyl (C=O) groups is 2. The van der Waals surface area contributed by atoms with Crippen LogP contribution in [0, 0.1) is 5.82 Å². The number of hydrogen-bond acceptors (Lipinski definition) is 4. The van der Waals surface area contributed by atoms with Gasteiger partial charge in [-0.1, -0.05) is 6.08 Å². The number of rotatable bonds is 5. The first-order valence-electron chi connectivity index (χ1n) is 6.80. The number of ether oxygens (including phenoxy) is 2. The lowest BCUT2D eigenvalue weighted by atomic mass is 10.1. The Labute approximate surface area is 122 Å². The fourth-order valence-corrected chi connectivity index (χ4v) is 2.23. The van der Waals surface area contributed by atoms with Crippen molar-refractivity contribution in [1.82, 2.24) is 0 Å². The molecule has 0 aromatic heterocycles. The van der Waals surface area contributed by atoms with Gasteiger partial charge in [0.2, 0.25) is 0 Å². The van der Waals surface area contributed by atoms with E-state index in [2.05, 4.69) is 4.74 Å². The summed E-state index contributed by atoms with van der Waals surface area (Å²) in [4.78, 5) is 22.7. The molecule has 1 aliphatic rings. The molecule has 4 nitrogen and oxygen atoms in total. The van der Waals surface area contributed by atoms with Gasteiger partial charge >= 0.3 is 5.97 Å². The van der Waals surface area contributed by atoms with Gasteiger partial charge in [0.1, 0.15) is 11.6 Å². The molecule has 1 saturated carbocycles. The first-order valence-corrected chi connectivity index (χ1v) is 6.80. The van der Waals surface area contributed by atoms with Crippen LogP contribution in [0.5, 0.6) is 5.75 Å². The van der Waals surface area contributed by atoms with Crippen molar-refractivity contribution in [2.24, 2.45) is 0 Å². The fourth-order valence-electron chi connectivity index (χ4n) is 2.23. The highest BCUT2D eigenvalue weighted by molar-refractivity contribution is 5.97. The van der Waals surface area contributed by atoms with Crippen molar-refractivity contribution in [2.75, 3.05) is 13.7 Å². The molecule has 0 atom stereocenters. The largest absolute Gasteiger partial charge is 0.482 e.